The molecule has 1 N–H and O–H groups in total. The first kappa shape index (κ1) is 17.3. The average Bonchev–Trinajstić information content (AvgIpc) is 2.46. The summed E-state index contributed by atoms with van der Waals surface area (Å²) in [4.78, 5) is 11.7. The standard InChI is InChI=1S/C16H25NO4/c1-5-17(2,3)10-11-21-16(19)9-7-13-6-8-14(18)15(12-13)20-4/h6,8,12H,5,7,9-11H2,1-4H3/p+1. The van der Waals surface area contributed by atoms with Gasteiger partial charge in [-0.2, -0.15) is 0 Å². The quantitative estimate of drug-likeness (QED) is 0.588. The van der Waals surface area contributed by atoms with Crippen molar-refractivity contribution in [2.24, 2.45) is 0 Å². The summed E-state index contributed by atoms with van der Waals surface area (Å²) in [5, 5.41) is 9.51. The summed E-state index contributed by atoms with van der Waals surface area (Å²) in [5.41, 5.74) is 0.936. The third kappa shape index (κ3) is 6.04. The van der Waals surface area contributed by atoms with E-state index in [9.17, 15) is 9.90 Å². The van der Waals surface area contributed by atoms with Crippen LogP contribution in [0.5, 0.6) is 11.5 Å². The molecule has 0 radical (unpaired) electrons. The number of hydrogen-bond acceptors (Lipinski definition) is 4. The smallest absolute Gasteiger partial charge is 0.306 e. The third-order valence-electron chi connectivity index (χ3n) is 3.68. The number of rotatable bonds is 8. The molecule has 5 nitrogen and oxygen atoms in total. The van der Waals surface area contributed by atoms with Crippen molar-refractivity contribution in [2.75, 3.05) is 40.9 Å². The minimum atomic E-state index is -0.196. The molecule has 0 heterocycles. The summed E-state index contributed by atoms with van der Waals surface area (Å²) < 4.78 is 11.1. The zero-order valence-electron chi connectivity index (χ0n) is 13.4. The van der Waals surface area contributed by atoms with Crippen LogP contribution in [0.3, 0.4) is 0 Å². The average molecular weight is 296 g/mol. The number of carbonyl (C=O) groups is 1. The number of methoxy groups -OCH3 is 1. The van der Waals surface area contributed by atoms with E-state index >= 15 is 0 Å². The first-order chi connectivity index (χ1) is 9.88. The second kappa shape index (κ2) is 7.88. The lowest BCUT2D eigenvalue weighted by molar-refractivity contribution is -0.888. The normalized spacial score (nSPS) is 11.2. The minimum Gasteiger partial charge on any atom is -0.504 e. The van der Waals surface area contributed by atoms with Crippen molar-refractivity contribution in [1.29, 1.82) is 0 Å². The highest BCUT2D eigenvalue weighted by molar-refractivity contribution is 5.69. The predicted molar refractivity (Wildman–Crippen MR) is 81.5 cm³/mol. The van der Waals surface area contributed by atoms with E-state index in [0.29, 0.717) is 25.2 Å². The molecule has 21 heavy (non-hydrogen) atoms. The molecule has 0 unspecified atom stereocenters. The maximum Gasteiger partial charge on any atom is 0.306 e. The molecule has 0 amide bonds. The van der Waals surface area contributed by atoms with Gasteiger partial charge in [0.25, 0.3) is 0 Å². The van der Waals surface area contributed by atoms with E-state index in [1.165, 1.54) is 7.11 Å². The Hall–Kier alpha value is -1.75. The molecule has 1 rings (SSSR count). The minimum absolute atomic E-state index is 0.100. The molecule has 118 valence electrons. The molecule has 0 spiro atoms. The molecule has 1 aromatic rings. The number of phenols is 1. The molecule has 0 aliphatic rings. The Morgan fingerprint density at radius 2 is 2.05 bits per heavy atom. The highest BCUT2D eigenvalue weighted by Gasteiger charge is 2.13. The molecule has 5 heteroatoms. The van der Waals surface area contributed by atoms with E-state index in [2.05, 4.69) is 21.0 Å². The number of aryl methyl sites for hydroxylation is 1. The van der Waals surface area contributed by atoms with Crippen LogP contribution in [0.15, 0.2) is 18.2 Å². The van der Waals surface area contributed by atoms with Crippen molar-refractivity contribution in [3.05, 3.63) is 23.8 Å². The highest BCUT2D eigenvalue weighted by atomic mass is 16.5. The van der Waals surface area contributed by atoms with Gasteiger partial charge in [0.15, 0.2) is 11.5 Å². The molecule has 0 fully saturated rings. The zero-order valence-corrected chi connectivity index (χ0v) is 13.4. The van der Waals surface area contributed by atoms with Crippen LogP contribution in [0.25, 0.3) is 0 Å². The van der Waals surface area contributed by atoms with Crippen molar-refractivity contribution in [3.63, 3.8) is 0 Å². The van der Waals surface area contributed by atoms with Crippen LogP contribution in [-0.4, -0.2) is 56.5 Å². The van der Waals surface area contributed by atoms with E-state index in [0.717, 1.165) is 23.1 Å². The lowest BCUT2D eigenvalue weighted by Gasteiger charge is -2.27. The number of hydrogen-bond donors (Lipinski definition) is 1. The van der Waals surface area contributed by atoms with Gasteiger partial charge in [0.2, 0.25) is 0 Å². The lowest BCUT2D eigenvalue weighted by atomic mass is 10.1. The van der Waals surface area contributed by atoms with Crippen LogP contribution < -0.4 is 4.74 Å². The van der Waals surface area contributed by atoms with E-state index in [1.807, 2.05) is 0 Å². The zero-order chi connectivity index (χ0) is 15.9. The van der Waals surface area contributed by atoms with Gasteiger partial charge in [-0.05, 0) is 31.0 Å². The fraction of sp³-hybridized carbons (Fsp3) is 0.562. The van der Waals surface area contributed by atoms with Gasteiger partial charge in [0.05, 0.1) is 27.7 Å². The van der Waals surface area contributed by atoms with Gasteiger partial charge in [0.1, 0.15) is 13.2 Å². The number of carbonyl (C=O) groups excluding carboxylic acids is 1. The maximum absolute atomic E-state index is 11.7. The van der Waals surface area contributed by atoms with Gasteiger partial charge >= 0.3 is 5.97 Å². The Balaban J connectivity index is 2.36. The molecular weight excluding hydrogens is 270 g/mol. The van der Waals surface area contributed by atoms with Gasteiger partial charge < -0.3 is 19.1 Å². The summed E-state index contributed by atoms with van der Waals surface area (Å²) >= 11 is 0. The number of nitrogens with zero attached hydrogens (tertiary/aromatic N) is 1. The second-order valence-electron chi connectivity index (χ2n) is 5.70. The van der Waals surface area contributed by atoms with Gasteiger partial charge in [-0.3, -0.25) is 4.79 Å². The molecule has 1 aromatic carbocycles. The number of ether oxygens (including phenoxy) is 2. The number of aromatic hydroxyl groups is 1. The van der Waals surface area contributed by atoms with Gasteiger partial charge in [-0.25, -0.2) is 0 Å². The van der Waals surface area contributed by atoms with Crippen molar-refractivity contribution in [2.45, 2.75) is 19.8 Å². The summed E-state index contributed by atoms with van der Waals surface area (Å²) in [6.45, 7) is 4.37. The number of benzene rings is 1. The van der Waals surface area contributed by atoms with Crippen LogP contribution in [-0.2, 0) is 16.0 Å². The van der Waals surface area contributed by atoms with E-state index in [1.54, 1.807) is 18.2 Å². The topological polar surface area (TPSA) is 55.8 Å². The van der Waals surface area contributed by atoms with Crippen LogP contribution in [0, 0.1) is 0 Å². The Morgan fingerprint density at radius 1 is 1.33 bits per heavy atom. The van der Waals surface area contributed by atoms with Crippen molar-refractivity contribution >= 4 is 5.97 Å². The van der Waals surface area contributed by atoms with Crippen LogP contribution in [0.2, 0.25) is 0 Å². The predicted octanol–water partition coefficient (Wildman–Crippen LogP) is 1.97. The summed E-state index contributed by atoms with van der Waals surface area (Å²) in [6, 6.07) is 5.09. The fourth-order valence-corrected chi connectivity index (χ4v) is 1.76. The SMILES string of the molecule is CC[N+](C)(C)CCOC(=O)CCc1ccc(O)c(OC)c1. The largest absolute Gasteiger partial charge is 0.504 e. The first-order valence-electron chi connectivity index (χ1n) is 7.21. The van der Waals surface area contributed by atoms with Crippen LogP contribution in [0.4, 0.5) is 0 Å². The second-order valence-corrected chi connectivity index (χ2v) is 5.70. The summed E-state index contributed by atoms with van der Waals surface area (Å²) in [7, 11) is 5.72. The van der Waals surface area contributed by atoms with Gasteiger partial charge in [-0.15, -0.1) is 0 Å². The maximum atomic E-state index is 11.7. The number of quaternary nitrogens is 1. The highest BCUT2D eigenvalue weighted by Crippen LogP contribution is 2.26. The molecule has 0 aromatic heterocycles. The third-order valence-corrected chi connectivity index (χ3v) is 3.68. The summed E-state index contributed by atoms with van der Waals surface area (Å²) in [5.74, 6) is 0.324. The molecule has 0 saturated carbocycles. The van der Waals surface area contributed by atoms with Gasteiger partial charge in [-0.1, -0.05) is 6.07 Å². The monoisotopic (exact) mass is 296 g/mol. The van der Waals surface area contributed by atoms with Crippen LogP contribution in [0.1, 0.15) is 18.9 Å². The molecule has 0 aliphatic carbocycles. The van der Waals surface area contributed by atoms with Crippen molar-refractivity contribution < 1.29 is 23.9 Å². The Labute approximate surface area is 126 Å². The molecule has 0 bridgehead atoms. The molecule has 0 aliphatic heterocycles. The molecule has 0 saturated heterocycles. The lowest BCUT2D eigenvalue weighted by Crippen LogP contribution is -2.42. The number of likely N-dealkylation sites (N-methyl/N-ethyl adjacent to an activating group) is 1. The molecule has 0 atom stereocenters. The van der Waals surface area contributed by atoms with Crippen LogP contribution >= 0.6 is 0 Å². The first-order valence-corrected chi connectivity index (χ1v) is 7.21. The number of phenolic OH excluding ortho intramolecular Hbond substituents is 1. The number of esters is 1. The summed E-state index contributed by atoms with van der Waals surface area (Å²) in [6.07, 6.45) is 0.898. The Bertz CT molecular complexity index is 471. The Kier molecular flexibility index (Phi) is 6.49. The van der Waals surface area contributed by atoms with Gasteiger partial charge in [0, 0.05) is 6.42 Å². The van der Waals surface area contributed by atoms with E-state index in [4.69, 9.17) is 9.47 Å². The Morgan fingerprint density at radius 3 is 2.67 bits per heavy atom. The van der Waals surface area contributed by atoms with Crippen molar-refractivity contribution in [3.8, 4) is 11.5 Å². The fourth-order valence-electron chi connectivity index (χ4n) is 1.76. The van der Waals surface area contributed by atoms with Crippen molar-refractivity contribution in [1.82, 2.24) is 0 Å². The van der Waals surface area contributed by atoms with E-state index in [-0.39, 0.29) is 11.7 Å². The molecular formula is C16H26NO4+. The van der Waals surface area contributed by atoms with E-state index < -0.39 is 0 Å².